The molecule has 69 heavy (non-hydrogen) atoms. The zero-order valence-electron chi connectivity index (χ0n) is 38.9. The Kier molecular flexibility index (Phi) is 17.7. The molecule has 0 bridgehead atoms. The molecule has 1 fully saturated rings. The highest BCUT2D eigenvalue weighted by molar-refractivity contribution is 7.44. The number of imidazole rings is 1. The number of amides is 1. The Morgan fingerprint density at radius 1 is 0.899 bits per heavy atom. The van der Waals surface area contributed by atoms with Crippen molar-refractivity contribution in [3.63, 3.8) is 0 Å². The molecular weight excluding hydrogens is 936 g/mol. The number of aryl methyl sites for hydroxylation is 1. The molecule has 1 aliphatic rings. The Labute approximate surface area is 396 Å². The first-order valence-corrected chi connectivity index (χ1v) is 23.0. The second-order valence-electron chi connectivity index (χ2n) is 16.6. The van der Waals surface area contributed by atoms with Crippen LogP contribution >= 0.6 is 8.53 Å². The van der Waals surface area contributed by atoms with Crippen molar-refractivity contribution in [1.29, 1.82) is 5.26 Å². The van der Waals surface area contributed by atoms with E-state index < -0.39 is 76.2 Å². The number of nitrogens with one attached hydrogen (secondary N) is 1. The van der Waals surface area contributed by atoms with Crippen molar-refractivity contribution in [1.82, 2.24) is 24.2 Å². The van der Waals surface area contributed by atoms with Gasteiger partial charge in [-0.05, 0) is 63.4 Å². The molecule has 1 amide bonds. The molecule has 2 aromatic heterocycles. The Morgan fingerprint density at radius 3 is 2.10 bits per heavy atom. The molecule has 0 saturated carbocycles. The van der Waals surface area contributed by atoms with Crippen LogP contribution in [0.2, 0.25) is 0 Å². The van der Waals surface area contributed by atoms with Gasteiger partial charge in [0.05, 0.1) is 45.7 Å². The van der Waals surface area contributed by atoms with E-state index in [-0.39, 0.29) is 48.7 Å². The van der Waals surface area contributed by atoms with Gasteiger partial charge < -0.3 is 38.0 Å². The zero-order valence-corrected chi connectivity index (χ0v) is 39.8. The van der Waals surface area contributed by atoms with Gasteiger partial charge in [-0.15, -0.1) is 0 Å². The molecule has 0 spiro atoms. The molecule has 1 N–H and O–H groups in total. The summed E-state index contributed by atoms with van der Waals surface area (Å²) in [6, 6.07) is 26.1. The number of anilines is 1. The fraction of sp³-hybridized carbons (Fsp3) is 0.468. The molecule has 0 aliphatic carbocycles. The van der Waals surface area contributed by atoms with Crippen LogP contribution < -0.4 is 10.1 Å². The van der Waals surface area contributed by atoms with Gasteiger partial charge in [0, 0.05) is 19.0 Å². The van der Waals surface area contributed by atoms with E-state index in [9.17, 15) is 36.4 Å². The molecule has 5 aromatic rings. The number of rotatable bonds is 22. The van der Waals surface area contributed by atoms with Gasteiger partial charge in [0.1, 0.15) is 42.8 Å². The SMILES string of the molecule is COc1ccc(C(OC[C@H]2O[C@@H](n3cnc4c(NC(C)=O)ncnc43)[C@@H](OCOCC(C(F)(F)F)C(F)(F)F)C2OP(OCCC#N)N(C(C)C)C(C)C)(c2ccccc2)c2ccc(C)cc2)cc1. The Hall–Kier alpha value is -5.30. The number of fused-ring (bicyclic) bond motifs is 1. The molecule has 22 heteroatoms. The molecule has 372 valence electrons. The first kappa shape index (κ1) is 53.1. The lowest BCUT2D eigenvalue weighted by molar-refractivity contribution is -0.299. The van der Waals surface area contributed by atoms with Crippen LogP contribution in [0.4, 0.5) is 32.2 Å². The third-order valence-corrected chi connectivity index (χ3v) is 13.2. The molecule has 6 rings (SSSR count). The third-order valence-electron chi connectivity index (χ3n) is 11.1. The van der Waals surface area contributed by atoms with Gasteiger partial charge in [-0.2, -0.15) is 31.6 Å². The molecule has 3 aromatic carbocycles. The summed E-state index contributed by atoms with van der Waals surface area (Å²) < 4.78 is 130. The molecule has 15 nitrogen and oxygen atoms in total. The minimum Gasteiger partial charge on any atom is -0.497 e. The minimum atomic E-state index is -5.67. The largest absolute Gasteiger partial charge is 0.497 e. The predicted molar refractivity (Wildman–Crippen MR) is 241 cm³/mol. The highest BCUT2D eigenvalue weighted by Gasteiger charge is 2.57. The first-order chi connectivity index (χ1) is 32.8. The molecule has 3 heterocycles. The maximum atomic E-state index is 13.7. The maximum Gasteiger partial charge on any atom is 0.402 e. The van der Waals surface area contributed by atoms with Crippen LogP contribution in [-0.2, 0) is 38.4 Å². The summed E-state index contributed by atoms with van der Waals surface area (Å²) in [5.41, 5.74) is 1.96. The number of benzene rings is 3. The van der Waals surface area contributed by atoms with Crippen LogP contribution in [-0.4, -0.2) is 107 Å². The average Bonchev–Trinajstić information content (AvgIpc) is 3.87. The first-order valence-electron chi connectivity index (χ1n) is 21.9. The fourth-order valence-corrected chi connectivity index (χ4v) is 9.75. The van der Waals surface area contributed by atoms with Crippen molar-refractivity contribution >= 4 is 31.4 Å². The highest BCUT2D eigenvalue weighted by Crippen LogP contribution is 2.52. The topological polar surface area (TPSA) is 164 Å². The van der Waals surface area contributed by atoms with Crippen LogP contribution in [0.25, 0.3) is 11.2 Å². The van der Waals surface area contributed by atoms with E-state index >= 15 is 0 Å². The number of ether oxygens (including phenoxy) is 5. The van der Waals surface area contributed by atoms with Crippen molar-refractivity contribution in [2.24, 2.45) is 5.92 Å². The number of halogens is 6. The van der Waals surface area contributed by atoms with E-state index in [0.29, 0.717) is 16.9 Å². The normalized spacial score (nSPS) is 19.1. The quantitative estimate of drug-likeness (QED) is 0.0229. The van der Waals surface area contributed by atoms with Crippen LogP contribution in [0.5, 0.6) is 5.75 Å². The van der Waals surface area contributed by atoms with E-state index in [0.717, 1.165) is 11.1 Å². The summed E-state index contributed by atoms with van der Waals surface area (Å²) in [4.78, 5) is 25.2. The number of carbonyl (C=O) groups is 1. The second kappa shape index (κ2) is 23.1. The highest BCUT2D eigenvalue weighted by atomic mass is 31.2. The Balaban J connectivity index is 1.52. The number of carbonyl (C=O) groups excluding carboxylic acids is 1. The van der Waals surface area contributed by atoms with Gasteiger partial charge in [0.2, 0.25) is 5.91 Å². The molecule has 1 aliphatic heterocycles. The maximum absolute atomic E-state index is 13.7. The Morgan fingerprint density at radius 2 is 1.52 bits per heavy atom. The molecular formula is C47H54F6N7O8P. The van der Waals surface area contributed by atoms with Crippen LogP contribution in [0.3, 0.4) is 0 Å². The summed E-state index contributed by atoms with van der Waals surface area (Å²) in [5, 5.41) is 12.1. The number of hydrogen-bond acceptors (Lipinski definition) is 13. The predicted octanol–water partition coefficient (Wildman–Crippen LogP) is 9.77. The number of aromatic nitrogens is 4. The minimum absolute atomic E-state index is 0.00866. The molecule has 1 saturated heterocycles. The lowest BCUT2D eigenvalue weighted by atomic mass is 9.79. The second-order valence-corrected chi connectivity index (χ2v) is 18.0. The summed E-state index contributed by atoms with van der Waals surface area (Å²) in [6.45, 7) is 7.62. The van der Waals surface area contributed by atoms with Crippen molar-refractivity contribution in [3.05, 3.63) is 114 Å². The third kappa shape index (κ3) is 12.5. The van der Waals surface area contributed by atoms with Gasteiger partial charge in [-0.25, -0.2) is 19.6 Å². The van der Waals surface area contributed by atoms with Gasteiger partial charge in [0.25, 0.3) is 8.53 Å². The molecule has 0 radical (unpaired) electrons. The smallest absolute Gasteiger partial charge is 0.402 e. The van der Waals surface area contributed by atoms with E-state index in [1.165, 1.54) is 24.1 Å². The van der Waals surface area contributed by atoms with E-state index in [1.807, 2.05) is 106 Å². The van der Waals surface area contributed by atoms with E-state index in [2.05, 4.69) is 26.3 Å². The van der Waals surface area contributed by atoms with Crippen LogP contribution in [0, 0.1) is 24.2 Å². The number of nitrogens with zero attached hydrogens (tertiary/aromatic N) is 6. The van der Waals surface area contributed by atoms with Crippen molar-refractivity contribution in [2.45, 2.75) is 103 Å². The van der Waals surface area contributed by atoms with E-state index in [1.54, 1.807) is 19.2 Å². The van der Waals surface area contributed by atoms with Gasteiger partial charge >= 0.3 is 12.4 Å². The lowest BCUT2D eigenvalue weighted by Crippen LogP contribution is -2.43. The summed E-state index contributed by atoms with van der Waals surface area (Å²) in [5.74, 6) is -3.63. The monoisotopic (exact) mass is 989 g/mol. The van der Waals surface area contributed by atoms with Gasteiger partial charge in [-0.3, -0.25) is 9.36 Å². The summed E-state index contributed by atoms with van der Waals surface area (Å²) in [7, 11) is -0.579. The van der Waals surface area contributed by atoms with Crippen molar-refractivity contribution < 1.29 is 63.9 Å². The van der Waals surface area contributed by atoms with Crippen LogP contribution in [0.1, 0.15) is 69.5 Å². The van der Waals surface area contributed by atoms with E-state index in [4.69, 9.17) is 32.7 Å². The lowest BCUT2D eigenvalue weighted by Gasteiger charge is -2.39. The fourth-order valence-electron chi connectivity index (χ4n) is 7.98. The molecule has 6 atom stereocenters. The molecule has 3 unspecified atom stereocenters. The van der Waals surface area contributed by atoms with Crippen molar-refractivity contribution in [3.8, 4) is 11.8 Å². The van der Waals surface area contributed by atoms with Gasteiger partial charge in [-0.1, -0.05) is 72.3 Å². The van der Waals surface area contributed by atoms with Gasteiger partial charge in [0.15, 0.2) is 29.1 Å². The number of alkyl halides is 6. The van der Waals surface area contributed by atoms with Crippen molar-refractivity contribution in [2.75, 3.05) is 39.0 Å². The summed E-state index contributed by atoms with van der Waals surface area (Å²) in [6.07, 6.45) is -14.1. The number of hydrogen-bond donors (Lipinski definition) is 1. The zero-order chi connectivity index (χ0) is 50.1. The standard InChI is InChI=1S/C47H54F6N7O8P/c1-29(2)60(30(3)4)69(66-23-11-22-54)68-40-37(24-65-45(33-12-9-8-10-13-33,34-16-14-31(5)15-17-34)35-18-20-36(62-7)21-19-35)67-44(41(40)64-28-63-25-38(46(48,49)50)47(51,52)53)59-27-57-39-42(58-32(6)61)55-26-56-43(39)59/h8-10,12-21,26-27,29-30,37-38,40-41,44H,11,23-25,28H2,1-7H3,(H,55,56,58,61)/t37-,40?,41+,44-,45?,69?/m1/s1. The number of nitriles is 1. The Bertz CT molecular complexity index is 2460. The number of methoxy groups -OCH3 is 1. The average molecular weight is 990 g/mol. The summed E-state index contributed by atoms with van der Waals surface area (Å²) >= 11 is 0. The van der Waals surface area contributed by atoms with Crippen LogP contribution in [0.15, 0.2) is 91.5 Å².